The third-order valence-electron chi connectivity index (χ3n) is 3.98. The van der Waals surface area contributed by atoms with Crippen molar-refractivity contribution in [2.75, 3.05) is 6.26 Å². The monoisotopic (exact) mass is 442 g/mol. The molecule has 0 saturated heterocycles. The number of aromatic nitrogens is 2. The van der Waals surface area contributed by atoms with Crippen molar-refractivity contribution in [2.45, 2.75) is 18.0 Å². The van der Waals surface area contributed by atoms with Crippen LogP contribution in [0.1, 0.15) is 12.6 Å². The molecule has 0 radical (unpaired) electrons. The van der Waals surface area contributed by atoms with Crippen molar-refractivity contribution in [1.29, 1.82) is 0 Å². The number of ether oxygens (including phenoxy) is 1. The van der Waals surface area contributed by atoms with Gasteiger partial charge in [-0.25, -0.2) is 17.5 Å². The standard InChI is InChI=1S/C19H14F4N2O4S/c1-11(26)29-17-9-12(20)3-8-15(17)16-10-18(19(21,22)23)24-25(16)13-4-6-14(7-5-13)30(2,27)28/h3-10H,1-2H3. The van der Waals surface area contributed by atoms with Crippen LogP contribution >= 0.6 is 0 Å². The van der Waals surface area contributed by atoms with E-state index < -0.39 is 33.5 Å². The third-order valence-corrected chi connectivity index (χ3v) is 5.11. The summed E-state index contributed by atoms with van der Waals surface area (Å²) < 4.78 is 82.7. The number of alkyl halides is 3. The fraction of sp³-hybridized carbons (Fsp3) is 0.158. The Labute approximate surface area is 168 Å². The molecule has 6 nitrogen and oxygen atoms in total. The summed E-state index contributed by atoms with van der Waals surface area (Å²) in [6, 6.07) is 8.76. The van der Waals surface area contributed by atoms with Gasteiger partial charge in [0.25, 0.3) is 0 Å². The molecule has 0 saturated carbocycles. The zero-order chi connectivity index (χ0) is 22.3. The molecule has 0 unspecified atom stereocenters. The van der Waals surface area contributed by atoms with Crippen LogP contribution < -0.4 is 4.74 Å². The summed E-state index contributed by atoms with van der Waals surface area (Å²) in [5.41, 5.74) is -1.26. The topological polar surface area (TPSA) is 78.3 Å². The lowest BCUT2D eigenvalue weighted by molar-refractivity contribution is -0.141. The first-order valence-corrected chi connectivity index (χ1v) is 10.2. The van der Waals surface area contributed by atoms with Gasteiger partial charge in [0, 0.05) is 24.8 Å². The van der Waals surface area contributed by atoms with Gasteiger partial charge in [0.05, 0.1) is 16.3 Å². The molecule has 3 aromatic rings. The Balaban J connectivity index is 2.24. The van der Waals surface area contributed by atoms with Crippen LogP contribution in [-0.2, 0) is 20.8 Å². The number of carbonyl (C=O) groups is 1. The Bertz CT molecular complexity index is 1220. The summed E-state index contributed by atoms with van der Waals surface area (Å²) in [5.74, 6) is -1.83. The molecule has 0 amide bonds. The van der Waals surface area contributed by atoms with Crippen molar-refractivity contribution in [1.82, 2.24) is 9.78 Å². The average molecular weight is 442 g/mol. The summed E-state index contributed by atoms with van der Waals surface area (Å²) in [7, 11) is -3.52. The molecule has 0 aliphatic rings. The third kappa shape index (κ3) is 4.51. The van der Waals surface area contributed by atoms with Crippen molar-refractivity contribution in [2.24, 2.45) is 0 Å². The molecule has 158 valence electrons. The van der Waals surface area contributed by atoms with Crippen molar-refractivity contribution >= 4 is 15.8 Å². The van der Waals surface area contributed by atoms with E-state index in [1.165, 1.54) is 24.3 Å². The molecule has 1 heterocycles. The number of nitrogens with zero attached hydrogens (tertiary/aromatic N) is 2. The molecule has 0 spiro atoms. The van der Waals surface area contributed by atoms with Gasteiger partial charge in [-0.05, 0) is 42.5 Å². The Kier molecular flexibility index (Phi) is 5.42. The van der Waals surface area contributed by atoms with Gasteiger partial charge in [-0.2, -0.15) is 18.3 Å². The molecule has 0 bridgehead atoms. The van der Waals surface area contributed by atoms with Gasteiger partial charge < -0.3 is 4.74 Å². The number of hydrogen-bond acceptors (Lipinski definition) is 5. The van der Waals surface area contributed by atoms with Gasteiger partial charge in [0.2, 0.25) is 0 Å². The highest BCUT2D eigenvalue weighted by atomic mass is 32.2. The Hall–Kier alpha value is -3.21. The first-order chi connectivity index (χ1) is 13.9. The minimum atomic E-state index is -4.78. The minimum absolute atomic E-state index is 0.0122. The second-order valence-corrected chi connectivity index (χ2v) is 8.34. The van der Waals surface area contributed by atoms with Gasteiger partial charge in [-0.3, -0.25) is 4.79 Å². The number of sulfone groups is 1. The van der Waals surface area contributed by atoms with Crippen LogP contribution in [0.4, 0.5) is 17.6 Å². The van der Waals surface area contributed by atoms with Crippen molar-refractivity contribution in [3.05, 3.63) is 60.0 Å². The molecule has 0 aliphatic carbocycles. The van der Waals surface area contributed by atoms with Gasteiger partial charge in [0.1, 0.15) is 11.6 Å². The zero-order valence-corrected chi connectivity index (χ0v) is 16.4. The minimum Gasteiger partial charge on any atom is -0.426 e. The Morgan fingerprint density at radius 3 is 2.23 bits per heavy atom. The Morgan fingerprint density at radius 1 is 1.07 bits per heavy atom. The van der Waals surface area contributed by atoms with Gasteiger partial charge in [-0.15, -0.1) is 0 Å². The predicted molar refractivity (Wildman–Crippen MR) is 98.4 cm³/mol. The van der Waals surface area contributed by atoms with E-state index in [-0.39, 0.29) is 27.6 Å². The summed E-state index contributed by atoms with van der Waals surface area (Å²) in [5, 5.41) is 3.57. The smallest absolute Gasteiger partial charge is 0.426 e. The fourth-order valence-corrected chi connectivity index (χ4v) is 3.32. The largest absolute Gasteiger partial charge is 0.435 e. The predicted octanol–water partition coefficient (Wildman–Crippen LogP) is 4.03. The second kappa shape index (κ2) is 7.56. The summed E-state index contributed by atoms with van der Waals surface area (Å²) in [6.45, 7) is 1.07. The average Bonchev–Trinajstić information content (AvgIpc) is 3.06. The van der Waals surface area contributed by atoms with Crippen LogP contribution in [0.5, 0.6) is 5.75 Å². The van der Waals surface area contributed by atoms with Crippen LogP contribution in [0.2, 0.25) is 0 Å². The lowest BCUT2D eigenvalue weighted by atomic mass is 10.1. The molecular formula is C19H14F4N2O4S. The summed E-state index contributed by atoms with van der Waals surface area (Å²) in [4.78, 5) is 11.3. The van der Waals surface area contributed by atoms with E-state index in [0.717, 1.165) is 42.1 Å². The number of esters is 1. The van der Waals surface area contributed by atoms with Gasteiger partial charge in [-0.1, -0.05) is 0 Å². The highest BCUT2D eigenvalue weighted by Crippen LogP contribution is 2.37. The van der Waals surface area contributed by atoms with E-state index in [9.17, 15) is 30.8 Å². The molecule has 1 aromatic heterocycles. The van der Waals surface area contributed by atoms with E-state index in [2.05, 4.69) is 5.10 Å². The molecule has 3 rings (SSSR count). The van der Waals surface area contributed by atoms with E-state index in [4.69, 9.17) is 4.74 Å². The fourth-order valence-electron chi connectivity index (χ4n) is 2.69. The van der Waals surface area contributed by atoms with E-state index in [1.54, 1.807) is 0 Å². The zero-order valence-electron chi connectivity index (χ0n) is 15.6. The van der Waals surface area contributed by atoms with Gasteiger partial charge in [0.15, 0.2) is 15.5 Å². The lowest BCUT2D eigenvalue weighted by Gasteiger charge is -2.12. The molecule has 0 fully saturated rings. The summed E-state index contributed by atoms with van der Waals surface area (Å²) in [6.07, 6.45) is -3.79. The normalized spacial score (nSPS) is 12.1. The van der Waals surface area contributed by atoms with Crippen molar-refractivity contribution in [3.63, 3.8) is 0 Å². The molecule has 11 heteroatoms. The number of hydrogen-bond donors (Lipinski definition) is 0. The van der Waals surface area contributed by atoms with Crippen LogP contribution in [0.3, 0.4) is 0 Å². The maximum atomic E-state index is 13.6. The van der Waals surface area contributed by atoms with E-state index in [1.807, 2.05) is 0 Å². The Morgan fingerprint density at radius 2 is 1.70 bits per heavy atom. The highest BCUT2D eigenvalue weighted by Gasteiger charge is 2.35. The van der Waals surface area contributed by atoms with Crippen LogP contribution in [0.15, 0.2) is 53.4 Å². The molecule has 0 N–H and O–H groups in total. The van der Waals surface area contributed by atoms with Crippen LogP contribution in [0, 0.1) is 5.82 Å². The molecule has 30 heavy (non-hydrogen) atoms. The number of halogens is 4. The van der Waals surface area contributed by atoms with E-state index >= 15 is 0 Å². The molecule has 0 atom stereocenters. The molecule has 0 aliphatic heterocycles. The lowest BCUT2D eigenvalue weighted by Crippen LogP contribution is -2.08. The second-order valence-electron chi connectivity index (χ2n) is 6.32. The number of carbonyl (C=O) groups excluding carboxylic acids is 1. The number of rotatable bonds is 4. The highest BCUT2D eigenvalue weighted by molar-refractivity contribution is 7.90. The van der Waals surface area contributed by atoms with E-state index in [0.29, 0.717) is 0 Å². The quantitative estimate of drug-likeness (QED) is 0.346. The molecule has 2 aromatic carbocycles. The van der Waals surface area contributed by atoms with Crippen molar-refractivity contribution < 1.29 is 35.5 Å². The maximum absolute atomic E-state index is 13.6. The SMILES string of the molecule is CC(=O)Oc1cc(F)ccc1-c1cc(C(F)(F)F)nn1-c1ccc(S(C)(=O)=O)cc1. The first kappa shape index (κ1) is 21.5. The van der Waals surface area contributed by atoms with Crippen LogP contribution in [0.25, 0.3) is 16.9 Å². The maximum Gasteiger partial charge on any atom is 0.435 e. The first-order valence-electron chi connectivity index (χ1n) is 8.32. The van der Waals surface area contributed by atoms with Gasteiger partial charge >= 0.3 is 12.1 Å². The number of benzene rings is 2. The molecular weight excluding hydrogens is 428 g/mol. The van der Waals surface area contributed by atoms with Crippen LogP contribution in [-0.4, -0.2) is 30.4 Å². The van der Waals surface area contributed by atoms with Crippen molar-refractivity contribution in [3.8, 4) is 22.7 Å². The summed E-state index contributed by atoms with van der Waals surface area (Å²) >= 11 is 0.